The number of nitrogens with zero attached hydrogens (tertiary/aromatic N) is 1. The molecule has 1 heterocycles. The van der Waals surface area contributed by atoms with E-state index in [-0.39, 0.29) is 42.7 Å². The van der Waals surface area contributed by atoms with Gasteiger partial charge in [0.1, 0.15) is 17.6 Å². The van der Waals surface area contributed by atoms with Crippen molar-refractivity contribution in [3.8, 4) is 11.5 Å². The van der Waals surface area contributed by atoms with Crippen LogP contribution in [0.5, 0.6) is 11.5 Å². The van der Waals surface area contributed by atoms with Gasteiger partial charge in [-0.15, -0.1) is 0 Å². The molecule has 3 amide bonds. The highest BCUT2D eigenvalue weighted by atomic mass is 16.6. The van der Waals surface area contributed by atoms with Crippen molar-refractivity contribution in [2.45, 2.75) is 77.5 Å². The smallest absolute Gasteiger partial charge is 0.411 e. The third kappa shape index (κ3) is 6.71. The average Bonchev–Trinajstić information content (AvgIpc) is 3.46. The van der Waals surface area contributed by atoms with E-state index in [0.717, 1.165) is 0 Å². The Morgan fingerprint density at radius 2 is 1.68 bits per heavy atom. The lowest BCUT2D eigenvalue weighted by atomic mass is 9.46. The van der Waals surface area contributed by atoms with Crippen LogP contribution >= 0.6 is 0 Å². The topological polar surface area (TPSA) is 137 Å². The van der Waals surface area contributed by atoms with Gasteiger partial charge in [-0.2, -0.15) is 0 Å². The van der Waals surface area contributed by atoms with Gasteiger partial charge in [0.15, 0.2) is 0 Å². The van der Waals surface area contributed by atoms with E-state index in [1.807, 2.05) is 37.3 Å². The minimum atomic E-state index is -0.747. The summed E-state index contributed by atoms with van der Waals surface area (Å²) in [6.45, 7) is 6.42. The SMILES string of the molecule is CC(=O)N[C@H]1CCN(C(=O)C[C@@H]2[C@H](O)CCC3[C@](C)(CO)[C@H](OC(=O)Nc4ccc(Oc5ccccc5)cc4)CC[C@]32C)C1. The lowest BCUT2D eigenvalue weighted by molar-refractivity contribution is -0.186. The number of hydrogen-bond donors (Lipinski definition) is 4. The van der Waals surface area contributed by atoms with Crippen LogP contribution in [0.3, 0.4) is 0 Å². The van der Waals surface area contributed by atoms with Crippen LogP contribution in [0.4, 0.5) is 10.5 Å². The first-order valence-corrected chi connectivity index (χ1v) is 15.7. The van der Waals surface area contributed by atoms with Gasteiger partial charge in [-0.25, -0.2) is 4.79 Å². The van der Waals surface area contributed by atoms with Crippen LogP contribution in [-0.4, -0.2) is 71.0 Å². The zero-order chi connectivity index (χ0) is 31.5. The van der Waals surface area contributed by atoms with Crippen LogP contribution in [0.1, 0.15) is 59.3 Å². The Labute approximate surface area is 259 Å². The molecule has 2 aromatic carbocycles. The van der Waals surface area contributed by atoms with Gasteiger partial charge < -0.3 is 29.9 Å². The molecule has 44 heavy (non-hydrogen) atoms. The predicted octanol–water partition coefficient (Wildman–Crippen LogP) is 4.71. The van der Waals surface area contributed by atoms with Crippen molar-refractivity contribution in [3.63, 3.8) is 0 Å². The summed E-state index contributed by atoms with van der Waals surface area (Å²) in [6, 6.07) is 16.4. The van der Waals surface area contributed by atoms with Crippen molar-refractivity contribution in [1.82, 2.24) is 10.2 Å². The van der Waals surface area contributed by atoms with Crippen LogP contribution in [-0.2, 0) is 14.3 Å². The van der Waals surface area contributed by atoms with E-state index >= 15 is 0 Å². The van der Waals surface area contributed by atoms with Crippen molar-refractivity contribution in [3.05, 3.63) is 54.6 Å². The number of ether oxygens (including phenoxy) is 2. The number of carbonyl (C=O) groups is 3. The fourth-order valence-corrected chi connectivity index (χ4v) is 8.00. The molecule has 238 valence electrons. The quantitative estimate of drug-likeness (QED) is 0.341. The Kier molecular flexibility index (Phi) is 9.51. The predicted molar refractivity (Wildman–Crippen MR) is 165 cm³/mol. The zero-order valence-corrected chi connectivity index (χ0v) is 25.8. The third-order valence-electron chi connectivity index (χ3n) is 10.3. The first-order valence-electron chi connectivity index (χ1n) is 15.7. The molecule has 0 bridgehead atoms. The number of nitrogens with one attached hydrogen (secondary N) is 2. The molecule has 10 heteroatoms. The minimum Gasteiger partial charge on any atom is -0.457 e. The molecule has 0 aromatic heterocycles. The van der Waals surface area contributed by atoms with Gasteiger partial charge >= 0.3 is 6.09 Å². The van der Waals surface area contributed by atoms with E-state index in [1.54, 1.807) is 29.2 Å². The fourth-order valence-electron chi connectivity index (χ4n) is 8.00. The third-order valence-corrected chi connectivity index (χ3v) is 10.3. The largest absolute Gasteiger partial charge is 0.457 e. The van der Waals surface area contributed by atoms with Crippen molar-refractivity contribution in [2.75, 3.05) is 25.0 Å². The monoisotopic (exact) mass is 607 g/mol. The Bertz CT molecular complexity index is 1320. The van der Waals surface area contributed by atoms with Gasteiger partial charge in [-0.3, -0.25) is 14.9 Å². The second-order valence-electron chi connectivity index (χ2n) is 13.2. The summed E-state index contributed by atoms with van der Waals surface area (Å²) in [5, 5.41) is 27.6. The lowest BCUT2D eigenvalue weighted by Gasteiger charge is -2.60. The first kappa shape index (κ1) is 31.8. The number of benzene rings is 2. The molecule has 2 aromatic rings. The van der Waals surface area contributed by atoms with Crippen LogP contribution < -0.4 is 15.4 Å². The Balaban J connectivity index is 1.22. The van der Waals surface area contributed by atoms with Gasteiger partial charge in [0.05, 0.1) is 12.7 Å². The average molecular weight is 608 g/mol. The van der Waals surface area contributed by atoms with Crippen molar-refractivity contribution >= 4 is 23.6 Å². The molecular formula is C34H45N3O7. The van der Waals surface area contributed by atoms with Gasteiger partial charge in [0.25, 0.3) is 0 Å². The molecule has 1 aliphatic heterocycles. The Morgan fingerprint density at radius 3 is 2.36 bits per heavy atom. The molecule has 2 aliphatic carbocycles. The molecule has 7 atom stereocenters. The van der Waals surface area contributed by atoms with Crippen LogP contribution in [0.2, 0.25) is 0 Å². The molecule has 3 fully saturated rings. The molecule has 10 nitrogen and oxygen atoms in total. The van der Waals surface area contributed by atoms with E-state index in [9.17, 15) is 24.6 Å². The number of anilines is 1. The summed E-state index contributed by atoms with van der Waals surface area (Å²) in [4.78, 5) is 39.7. The number of fused-ring (bicyclic) bond motifs is 1. The second kappa shape index (κ2) is 13.2. The van der Waals surface area contributed by atoms with E-state index in [2.05, 4.69) is 17.6 Å². The highest BCUT2D eigenvalue weighted by molar-refractivity contribution is 5.84. The van der Waals surface area contributed by atoms with Crippen molar-refractivity contribution < 1.29 is 34.1 Å². The molecule has 1 saturated heterocycles. The number of aliphatic hydroxyl groups is 2. The van der Waals surface area contributed by atoms with Crippen LogP contribution in [0, 0.1) is 22.7 Å². The molecule has 3 aliphatic rings. The van der Waals surface area contributed by atoms with Crippen molar-refractivity contribution in [1.29, 1.82) is 0 Å². The van der Waals surface area contributed by atoms with E-state index < -0.39 is 29.1 Å². The normalized spacial score (nSPS) is 31.5. The number of para-hydroxylation sites is 1. The standard InChI is InChI=1S/C34H45N3O7/c1-22(39)35-24-16-18-37(20-24)31(41)19-27-28(40)13-14-29-33(27,2)17-15-30(34(29,3)21-38)44-32(42)36-23-9-11-26(12-10-23)43-25-7-5-4-6-8-25/h4-12,24,27-30,38,40H,13-21H2,1-3H3,(H,35,39)(H,36,42)/t24-,27+,28+,29?,30+,33-,34-/m0/s1. The van der Waals surface area contributed by atoms with Crippen LogP contribution in [0.15, 0.2) is 54.6 Å². The summed E-state index contributed by atoms with van der Waals surface area (Å²) in [5.41, 5.74) is -0.612. The number of likely N-dealkylation sites (tertiary alicyclic amines) is 1. The zero-order valence-electron chi connectivity index (χ0n) is 25.8. The summed E-state index contributed by atoms with van der Waals surface area (Å²) in [5.74, 6) is 0.879. The molecule has 0 spiro atoms. The van der Waals surface area contributed by atoms with Gasteiger partial charge in [0, 0.05) is 43.6 Å². The van der Waals surface area contributed by atoms with Gasteiger partial charge in [0.2, 0.25) is 11.8 Å². The lowest BCUT2D eigenvalue weighted by Crippen LogP contribution is -2.61. The molecule has 0 radical (unpaired) electrons. The van der Waals surface area contributed by atoms with Gasteiger partial charge in [-0.1, -0.05) is 32.0 Å². The number of carbonyl (C=O) groups excluding carboxylic acids is 3. The molecule has 1 unspecified atom stereocenters. The highest BCUT2D eigenvalue weighted by Gasteiger charge is 2.60. The number of hydrogen-bond acceptors (Lipinski definition) is 7. The van der Waals surface area contributed by atoms with E-state index in [0.29, 0.717) is 62.4 Å². The fraction of sp³-hybridized carbons (Fsp3) is 0.559. The summed E-state index contributed by atoms with van der Waals surface area (Å²) in [7, 11) is 0. The maximum Gasteiger partial charge on any atom is 0.411 e. The number of rotatable bonds is 8. The second-order valence-corrected chi connectivity index (χ2v) is 13.2. The maximum absolute atomic E-state index is 13.4. The summed E-state index contributed by atoms with van der Waals surface area (Å²) >= 11 is 0. The van der Waals surface area contributed by atoms with Crippen LogP contribution in [0.25, 0.3) is 0 Å². The highest BCUT2D eigenvalue weighted by Crippen LogP contribution is 2.61. The van der Waals surface area contributed by atoms with Gasteiger partial charge in [-0.05, 0) is 85.8 Å². The van der Waals surface area contributed by atoms with E-state index in [4.69, 9.17) is 9.47 Å². The molecular weight excluding hydrogens is 562 g/mol. The van der Waals surface area contributed by atoms with E-state index in [1.165, 1.54) is 6.92 Å². The first-order chi connectivity index (χ1) is 21.0. The minimum absolute atomic E-state index is 0.0209. The summed E-state index contributed by atoms with van der Waals surface area (Å²) in [6.07, 6.45) is 1.50. The number of amides is 3. The molecule has 5 rings (SSSR count). The Morgan fingerprint density at radius 1 is 0.977 bits per heavy atom. The summed E-state index contributed by atoms with van der Waals surface area (Å²) < 4.78 is 11.8. The number of aliphatic hydroxyl groups excluding tert-OH is 2. The molecule has 4 N–H and O–H groups in total. The molecule has 2 saturated carbocycles. The Hall–Kier alpha value is -3.63. The maximum atomic E-state index is 13.4. The van der Waals surface area contributed by atoms with Crippen molar-refractivity contribution in [2.24, 2.45) is 22.7 Å².